The summed E-state index contributed by atoms with van der Waals surface area (Å²) >= 11 is 0. The number of guanidine groups is 1. The van der Waals surface area contributed by atoms with Gasteiger partial charge in [0.1, 0.15) is 5.82 Å². The smallest absolute Gasteiger partial charge is 0.383 e. The molecule has 1 rings (SSSR count). The summed E-state index contributed by atoms with van der Waals surface area (Å²) in [5.74, 6) is -0.515. The molecule has 5 nitrogen and oxygen atoms in total. The quantitative estimate of drug-likeness (QED) is 0.234. The van der Waals surface area contributed by atoms with Crippen LogP contribution >= 0.6 is 24.0 Å². The Labute approximate surface area is 174 Å². The number of hydrogen-bond donors (Lipinski definition) is 2. The number of nitrogens with one attached hydrogen (secondary N) is 2. The van der Waals surface area contributed by atoms with Crippen LogP contribution in [-0.4, -0.2) is 57.8 Å². The number of nitrogens with zero attached hydrogens (tertiary/aromatic N) is 2. The number of benzene rings is 1. The van der Waals surface area contributed by atoms with E-state index in [9.17, 15) is 17.6 Å². The van der Waals surface area contributed by atoms with Gasteiger partial charge >= 0.3 is 6.18 Å². The third-order valence-corrected chi connectivity index (χ3v) is 3.59. The van der Waals surface area contributed by atoms with E-state index < -0.39 is 17.6 Å². The van der Waals surface area contributed by atoms with E-state index in [1.165, 1.54) is 0 Å². The number of likely N-dealkylation sites (N-methyl/N-ethyl adjacent to an activating group) is 1. The highest BCUT2D eigenvalue weighted by atomic mass is 127. The van der Waals surface area contributed by atoms with E-state index in [-0.39, 0.29) is 36.1 Å². The Morgan fingerprint density at radius 1 is 1.22 bits per heavy atom. The monoisotopic (exact) mass is 506 g/mol. The van der Waals surface area contributed by atoms with Crippen molar-refractivity contribution in [3.63, 3.8) is 0 Å². The zero-order valence-electron chi connectivity index (χ0n) is 15.7. The van der Waals surface area contributed by atoms with Crippen molar-refractivity contribution in [2.75, 3.05) is 46.9 Å². The summed E-state index contributed by atoms with van der Waals surface area (Å²) in [4.78, 5) is 6.23. The minimum Gasteiger partial charge on any atom is -0.383 e. The minimum atomic E-state index is -4.62. The Bertz CT molecular complexity index is 585. The highest BCUT2D eigenvalue weighted by molar-refractivity contribution is 14.0. The second-order valence-corrected chi connectivity index (χ2v) is 5.72. The number of rotatable bonds is 9. The van der Waals surface area contributed by atoms with E-state index in [0.29, 0.717) is 31.7 Å². The largest absolute Gasteiger partial charge is 0.416 e. The molecule has 0 aromatic heterocycles. The van der Waals surface area contributed by atoms with Gasteiger partial charge in [-0.15, -0.1) is 24.0 Å². The fraction of sp³-hybridized carbons (Fsp3) is 0.588. The minimum absolute atomic E-state index is 0. The number of methoxy groups -OCH3 is 1. The lowest BCUT2D eigenvalue weighted by Gasteiger charge is -2.18. The van der Waals surface area contributed by atoms with Crippen molar-refractivity contribution >= 4 is 29.9 Å². The van der Waals surface area contributed by atoms with Crippen molar-refractivity contribution in [2.45, 2.75) is 19.6 Å². The molecule has 0 aliphatic carbocycles. The summed E-state index contributed by atoms with van der Waals surface area (Å²) < 4.78 is 57.2. The maximum atomic E-state index is 13.2. The van der Waals surface area contributed by atoms with E-state index in [0.717, 1.165) is 25.2 Å². The molecule has 2 N–H and O–H groups in total. The van der Waals surface area contributed by atoms with E-state index >= 15 is 0 Å². The summed E-state index contributed by atoms with van der Waals surface area (Å²) in [5, 5.41) is 6.05. The van der Waals surface area contributed by atoms with E-state index in [2.05, 4.69) is 20.5 Å². The molecule has 0 saturated heterocycles. The first-order chi connectivity index (χ1) is 12.3. The third kappa shape index (κ3) is 10.1. The molecule has 0 aliphatic rings. The fourth-order valence-electron chi connectivity index (χ4n) is 2.18. The zero-order valence-corrected chi connectivity index (χ0v) is 18.0. The van der Waals surface area contributed by atoms with Gasteiger partial charge in [0.2, 0.25) is 0 Å². The van der Waals surface area contributed by atoms with Crippen molar-refractivity contribution < 1.29 is 22.3 Å². The Hall–Kier alpha value is -1.14. The summed E-state index contributed by atoms with van der Waals surface area (Å²) in [7, 11) is 3.57. The third-order valence-electron chi connectivity index (χ3n) is 3.59. The second-order valence-electron chi connectivity index (χ2n) is 5.72. The molecular formula is C17H27F4IN4O. The molecule has 1 aromatic rings. The van der Waals surface area contributed by atoms with Gasteiger partial charge in [-0.3, -0.25) is 0 Å². The molecule has 10 heteroatoms. The zero-order chi connectivity index (χ0) is 19.6. The Kier molecular flexibility index (Phi) is 12.6. The van der Waals surface area contributed by atoms with Crippen LogP contribution in [0.25, 0.3) is 0 Å². The number of aliphatic imine (C=N–C) groups is 1. The molecule has 1 aromatic carbocycles. The van der Waals surface area contributed by atoms with Crippen LogP contribution < -0.4 is 10.6 Å². The molecule has 0 aliphatic heterocycles. The Morgan fingerprint density at radius 3 is 2.52 bits per heavy atom. The normalized spacial score (nSPS) is 12.1. The molecule has 156 valence electrons. The highest BCUT2D eigenvalue weighted by Gasteiger charge is 2.33. The van der Waals surface area contributed by atoms with Crippen molar-refractivity contribution in [1.82, 2.24) is 15.5 Å². The van der Waals surface area contributed by atoms with Gasteiger partial charge in [-0.2, -0.15) is 13.2 Å². The first kappa shape index (κ1) is 25.9. The van der Waals surface area contributed by atoms with Crippen molar-refractivity contribution in [3.05, 3.63) is 35.1 Å². The van der Waals surface area contributed by atoms with Gasteiger partial charge in [0, 0.05) is 33.3 Å². The Balaban J connectivity index is 0.00000676. The van der Waals surface area contributed by atoms with Gasteiger partial charge in [0.15, 0.2) is 5.96 Å². The van der Waals surface area contributed by atoms with Crippen LogP contribution in [0.15, 0.2) is 23.2 Å². The van der Waals surface area contributed by atoms with Crippen LogP contribution in [0.1, 0.15) is 18.1 Å². The fourth-order valence-corrected chi connectivity index (χ4v) is 2.18. The van der Waals surface area contributed by atoms with Gasteiger partial charge in [-0.05, 0) is 31.7 Å². The summed E-state index contributed by atoms with van der Waals surface area (Å²) in [6.07, 6.45) is -4.62. The topological polar surface area (TPSA) is 48.9 Å². The predicted molar refractivity (Wildman–Crippen MR) is 109 cm³/mol. The van der Waals surface area contributed by atoms with Crippen LogP contribution in [0.4, 0.5) is 17.6 Å². The molecule has 0 atom stereocenters. The molecule has 0 heterocycles. The first-order valence-electron chi connectivity index (χ1n) is 8.33. The molecule has 0 bridgehead atoms. The molecule has 0 unspecified atom stereocenters. The summed E-state index contributed by atoms with van der Waals surface area (Å²) in [6.45, 7) is 4.91. The summed E-state index contributed by atoms with van der Waals surface area (Å²) in [5.41, 5.74) is -1.08. The van der Waals surface area contributed by atoms with E-state index in [1.807, 2.05) is 14.0 Å². The van der Waals surface area contributed by atoms with Crippen LogP contribution in [-0.2, 0) is 17.5 Å². The second kappa shape index (κ2) is 13.1. The lowest BCUT2D eigenvalue weighted by molar-refractivity contribution is -0.138. The van der Waals surface area contributed by atoms with Crippen molar-refractivity contribution in [1.29, 1.82) is 0 Å². The van der Waals surface area contributed by atoms with Crippen molar-refractivity contribution in [3.8, 4) is 0 Å². The Morgan fingerprint density at radius 2 is 1.93 bits per heavy atom. The number of halogens is 5. The molecule has 0 saturated carbocycles. The highest BCUT2D eigenvalue weighted by Crippen LogP contribution is 2.32. The average molecular weight is 506 g/mol. The SMILES string of the molecule is CCNC(=NCc1ccc(F)cc1C(F)(F)F)NCCN(C)CCOC.I. The number of hydrogen-bond acceptors (Lipinski definition) is 3. The molecule has 0 radical (unpaired) electrons. The maximum absolute atomic E-state index is 13.2. The van der Waals surface area contributed by atoms with E-state index in [4.69, 9.17) is 4.74 Å². The molecule has 0 fully saturated rings. The summed E-state index contributed by atoms with van der Waals surface area (Å²) in [6, 6.07) is 2.62. The van der Waals surface area contributed by atoms with Gasteiger partial charge in [0.05, 0.1) is 18.7 Å². The lowest BCUT2D eigenvalue weighted by Crippen LogP contribution is -2.41. The van der Waals surface area contributed by atoms with Gasteiger partial charge in [-0.25, -0.2) is 9.38 Å². The van der Waals surface area contributed by atoms with Crippen LogP contribution in [0.3, 0.4) is 0 Å². The first-order valence-corrected chi connectivity index (χ1v) is 8.33. The molecule has 0 amide bonds. The van der Waals surface area contributed by atoms with E-state index in [1.54, 1.807) is 7.11 Å². The standard InChI is InChI=1S/C17H26F4N4O.HI/c1-4-22-16(23-7-8-25(2)9-10-26-3)24-12-13-5-6-14(18)11-15(13)17(19,20)21;/h5-6,11H,4,7-10,12H2,1-3H3,(H2,22,23,24);1H. The molecule has 0 spiro atoms. The maximum Gasteiger partial charge on any atom is 0.416 e. The molecule has 27 heavy (non-hydrogen) atoms. The van der Waals surface area contributed by atoms with Gasteiger partial charge in [0.25, 0.3) is 0 Å². The lowest BCUT2D eigenvalue weighted by atomic mass is 10.1. The number of ether oxygens (including phenoxy) is 1. The number of alkyl halides is 3. The van der Waals surface area contributed by atoms with Crippen LogP contribution in [0.2, 0.25) is 0 Å². The van der Waals surface area contributed by atoms with Gasteiger partial charge < -0.3 is 20.3 Å². The molecular weight excluding hydrogens is 479 g/mol. The van der Waals surface area contributed by atoms with Crippen LogP contribution in [0.5, 0.6) is 0 Å². The van der Waals surface area contributed by atoms with Gasteiger partial charge in [-0.1, -0.05) is 6.07 Å². The average Bonchev–Trinajstić information content (AvgIpc) is 2.57. The van der Waals surface area contributed by atoms with Crippen molar-refractivity contribution in [2.24, 2.45) is 4.99 Å². The predicted octanol–water partition coefficient (Wildman–Crippen LogP) is 3.10. The van der Waals surface area contributed by atoms with Crippen LogP contribution in [0, 0.1) is 5.82 Å².